The van der Waals surface area contributed by atoms with Crippen LogP contribution in [0.1, 0.15) is 17.3 Å². The summed E-state index contributed by atoms with van der Waals surface area (Å²) in [7, 11) is 0. The summed E-state index contributed by atoms with van der Waals surface area (Å²) in [5.41, 5.74) is 0.708. The molecule has 0 spiro atoms. The topological polar surface area (TPSA) is 38.8 Å². The fraction of sp³-hybridized carbons (Fsp3) is 0.364. The lowest BCUT2D eigenvalue weighted by Gasteiger charge is -2.03. The van der Waals surface area contributed by atoms with Crippen LogP contribution < -0.4 is 4.74 Å². The third kappa shape index (κ3) is 2.33. The Labute approximate surface area is 82.6 Å². The van der Waals surface area contributed by atoms with E-state index in [4.69, 9.17) is 9.47 Å². The van der Waals surface area contributed by atoms with Gasteiger partial charge in [-0.3, -0.25) is 4.79 Å². The molecule has 0 aromatic heterocycles. The average molecular weight is 192 g/mol. The summed E-state index contributed by atoms with van der Waals surface area (Å²) in [6.45, 7) is 2.94. The van der Waals surface area contributed by atoms with Gasteiger partial charge in [0.15, 0.2) is 5.78 Å². The second kappa shape index (κ2) is 3.80. The highest BCUT2D eigenvalue weighted by Crippen LogP contribution is 2.15. The molecule has 0 amide bonds. The van der Waals surface area contributed by atoms with Crippen LogP contribution in [0.5, 0.6) is 5.75 Å². The predicted octanol–water partition coefficient (Wildman–Crippen LogP) is 1.67. The summed E-state index contributed by atoms with van der Waals surface area (Å²) in [5.74, 6) is 0.854. The van der Waals surface area contributed by atoms with Crippen molar-refractivity contribution in [3.63, 3.8) is 0 Å². The van der Waals surface area contributed by atoms with Crippen LogP contribution in [0.2, 0.25) is 0 Å². The first-order valence-electron chi connectivity index (χ1n) is 4.61. The largest absolute Gasteiger partial charge is 0.491 e. The first-order chi connectivity index (χ1) is 6.75. The van der Waals surface area contributed by atoms with Gasteiger partial charge in [-0.05, 0) is 31.2 Å². The van der Waals surface area contributed by atoms with Crippen LogP contribution in [0, 0.1) is 0 Å². The number of benzene rings is 1. The second-order valence-corrected chi connectivity index (χ2v) is 3.35. The fourth-order valence-corrected chi connectivity index (χ4v) is 1.14. The van der Waals surface area contributed by atoms with E-state index >= 15 is 0 Å². The Morgan fingerprint density at radius 2 is 2.14 bits per heavy atom. The number of carbonyl (C=O) groups excluding carboxylic acids is 1. The molecule has 0 bridgehead atoms. The zero-order valence-electron chi connectivity index (χ0n) is 8.03. The van der Waals surface area contributed by atoms with Crippen LogP contribution in [0.3, 0.4) is 0 Å². The van der Waals surface area contributed by atoms with E-state index in [2.05, 4.69) is 0 Å². The SMILES string of the molecule is CC(=O)c1ccc(OCC2CO2)cc1. The maximum Gasteiger partial charge on any atom is 0.159 e. The molecule has 74 valence electrons. The van der Waals surface area contributed by atoms with Gasteiger partial charge < -0.3 is 9.47 Å². The van der Waals surface area contributed by atoms with Crippen molar-refractivity contribution in [1.82, 2.24) is 0 Å². The third-order valence-electron chi connectivity index (χ3n) is 2.10. The highest BCUT2D eigenvalue weighted by Gasteiger charge is 2.22. The van der Waals surface area contributed by atoms with E-state index in [9.17, 15) is 4.79 Å². The molecule has 0 radical (unpaired) electrons. The fourth-order valence-electron chi connectivity index (χ4n) is 1.14. The number of carbonyl (C=O) groups is 1. The number of ketones is 1. The Bertz CT molecular complexity index is 325. The summed E-state index contributed by atoms with van der Waals surface area (Å²) in [5, 5.41) is 0. The highest BCUT2D eigenvalue weighted by atomic mass is 16.6. The van der Waals surface area contributed by atoms with Gasteiger partial charge in [-0.1, -0.05) is 0 Å². The minimum absolute atomic E-state index is 0.0714. The maximum atomic E-state index is 11.0. The van der Waals surface area contributed by atoms with Crippen molar-refractivity contribution < 1.29 is 14.3 Å². The normalized spacial score (nSPS) is 19.1. The molecule has 0 saturated carbocycles. The van der Waals surface area contributed by atoms with Gasteiger partial charge in [0, 0.05) is 5.56 Å². The van der Waals surface area contributed by atoms with Crippen molar-refractivity contribution in [2.45, 2.75) is 13.0 Å². The molecule has 1 fully saturated rings. The molecule has 1 aliphatic rings. The number of Topliss-reactive ketones (excluding diaryl/α,β-unsaturated/α-hetero) is 1. The van der Waals surface area contributed by atoms with Crippen LogP contribution in [-0.4, -0.2) is 25.1 Å². The smallest absolute Gasteiger partial charge is 0.159 e. The van der Waals surface area contributed by atoms with Crippen molar-refractivity contribution >= 4 is 5.78 Å². The van der Waals surface area contributed by atoms with E-state index in [1.807, 2.05) is 0 Å². The number of epoxide rings is 1. The number of rotatable bonds is 4. The molecule has 3 nitrogen and oxygen atoms in total. The molecule has 1 aromatic carbocycles. The van der Waals surface area contributed by atoms with Crippen LogP contribution in [0.4, 0.5) is 0 Å². The van der Waals surface area contributed by atoms with Crippen LogP contribution in [0.15, 0.2) is 24.3 Å². The Hall–Kier alpha value is -1.35. The molecule has 1 saturated heterocycles. The molecule has 1 heterocycles. The van der Waals surface area contributed by atoms with Crippen LogP contribution in [-0.2, 0) is 4.74 Å². The van der Waals surface area contributed by atoms with Gasteiger partial charge in [0.1, 0.15) is 18.5 Å². The van der Waals surface area contributed by atoms with Gasteiger partial charge >= 0.3 is 0 Å². The van der Waals surface area contributed by atoms with Crippen molar-refractivity contribution in [2.75, 3.05) is 13.2 Å². The molecule has 0 aliphatic carbocycles. The van der Waals surface area contributed by atoms with E-state index in [1.165, 1.54) is 0 Å². The highest BCUT2D eigenvalue weighted by molar-refractivity contribution is 5.94. The Morgan fingerprint density at radius 1 is 1.50 bits per heavy atom. The zero-order valence-corrected chi connectivity index (χ0v) is 8.03. The van der Waals surface area contributed by atoms with Gasteiger partial charge in [-0.25, -0.2) is 0 Å². The summed E-state index contributed by atoms with van der Waals surface area (Å²) in [4.78, 5) is 11.0. The number of hydrogen-bond acceptors (Lipinski definition) is 3. The van der Waals surface area contributed by atoms with Crippen molar-refractivity contribution in [2.24, 2.45) is 0 Å². The van der Waals surface area contributed by atoms with Gasteiger partial charge in [0.05, 0.1) is 6.61 Å². The van der Waals surface area contributed by atoms with Crippen LogP contribution in [0.25, 0.3) is 0 Å². The quantitative estimate of drug-likeness (QED) is 0.538. The summed E-state index contributed by atoms with van der Waals surface area (Å²) in [6, 6.07) is 7.15. The molecule has 0 N–H and O–H groups in total. The molecular weight excluding hydrogens is 180 g/mol. The zero-order chi connectivity index (χ0) is 9.97. The van der Waals surface area contributed by atoms with E-state index < -0.39 is 0 Å². The Kier molecular flexibility index (Phi) is 2.50. The standard InChI is InChI=1S/C11H12O3/c1-8(12)9-2-4-10(5-3-9)13-6-11-7-14-11/h2-5,11H,6-7H2,1H3. The lowest BCUT2D eigenvalue weighted by Crippen LogP contribution is -2.04. The van der Waals surface area contributed by atoms with Gasteiger partial charge in [0.25, 0.3) is 0 Å². The van der Waals surface area contributed by atoms with Crippen molar-refractivity contribution in [1.29, 1.82) is 0 Å². The number of hydrogen-bond donors (Lipinski definition) is 0. The monoisotopic (exact) mass is 192 g/mol. The van der Waals surface area contributed by atoms with Gasteiger partial charge in [-0.15, -0.1) is 0 Å². The first kappa shape index (κ1) is 9.21. The second-order valence-electron chi connectivity index (χ2n) is 3.35. The van der Waals surface area contributed by atoms with Gasteiger partial charge in [-0.2, -0.15) is 0 Å². The molecule has 1 aliphatic heterocycles. The van der Waals surface area contributed by atoms with Gasteiger partial charge in [0.2, 0.25) is 0 Å². The average Bonchev–Trinajstić information content (AvgIpc) is 2.99. The molecule has 1 atom stereocenters. The van der Waals surface area contributed by atoms with Crippen molar-refractivity contribution in [3.05, 3.63) is 29.8 Å². The minimum Gasteiger partial charge on any atom is -0.491 e. The lowest BCUT2D eigenvalue weighted by molar-refractivity contribution is 0.101. The molecule has 1 unspecified atom stereocenters. The summed E-state index contributed by atoms with van der Waals surface area (Å²) >= 11 is 0. The number of ether oxygens (including phenoxy) is 2. The van der Waals surface area contributed by atoms with E-state index in [0.29, 0.717) is 12.2 Å². The minimum atomic E-state index is 0.0714. The molecular formula is C11H12O3. The Morgan fingerprint density at radius 3 is 2.64 bits per heavy atom. The summed E-state index contributed by atoms with van der Waals surface area (Å²) < 4.78 is 10.4. The molecule has 2 rings (SSSR count). The third-order valence-corrected chi connectivity index (χ3v) is 2.10. The van der Waals surface area contributed by atoms with E-state index in [-0.39, 0.29) is 11.9 Å². The lowest BCUT2D eigenvalue weighted by atomic mass is 10.1. The van der Waals surface area contributed by atoms with E-state index in [1.54, 1.807) is 31.2 Å². The van der Waals surface area contributed by atoms with Crippen molar-refractivity contribution in [3.8, 4) is 5.75 Å². The van der Waals surface area contributed by atoms with E-state index in [0.717, 1.165) is 12.4 Å². The molecule has 14 heavy (non-hydrogen) atoms. The maximum absolute atomic E-state index is 11.0. The summed E-state index contributed by atoms with van der Waals surface area (Å²) in [6.07, 6.45) is 0.266. The Balaban J connectivity index is 1.94. The first-order valence-corrected chi connectivity index (χ1v) is 4.61. The predicted molar refractivity (Wildman–Crippen MR) is 51.7 cm³/mol. The molecule has 3 heteroatoms. The van der Waals surface area contributed by atoms with Crippen LogP contribution >= 0.6 is 0 Å². The molecule has 1 aromatic rings.